The van der Waals surface area contributed by atoms with Crippen molar-refractivity contribution >= 4 is 17.1 Å². The van der Waals surface area contributed by atoms with Gasteiger partial charge in [-0.05, 0) is 20.3 Å². The Bertz CT molecular complexity index is 298. The van der Waals surface area contributed by atoms with Crippen molar-refractivity contribution in [1.82, 2.24) is 4.98 Å². The number of Topliss-reactive ketones (excluding diaryl/α,β-unsaturated/α-hetero) is 1. The molecule has 0 N–H and O–H groups in total. The molecule has 14 heavy (non-hydrogen) atoms. The zero-order valence-corrected chi connectivity index (χ0v) is 9.91. The van der Waals surface area contributed by atoms with E-state index in [-0.39, 0.29) is 0 Å². The number of carbonyl (C=O) groups excluding carboxylic acids is 1. The van der Waals surface area contributed by atoms with Crippen LogP contribution in [0.15, 0.2) is 0 Å². The number of hydrogen-bond acceptors (Lipinski definition) is 3. The molecule has 1 aromatic rings. The Labute approximate surface area is 89.4 Å². The molecule has 0 amide bonds. The summed E-state index contributed by atoms with van der Waals surface area (Å²) < 4.78 is 0. The second-order valence-corrected chi connectivity index (χ2v) is 4.86. The van der Waals surface area contributed by atoms with Crippen LogP contribution < -0.4 is 0 Å². The predicted molar refractivity (Wildman–Crippen MR) is 59.8 cm³/mol. The van der Waals surface area contributed by atoms with E-state index >= 15 is 0 Å². The SMILES string of the molecule is CCCCC(=O)Cc1nc(C)c(C)s1. The van der Waals surface area contributed by atoms with Crippen molar-refractivity contribution in [2.45, 2.75) is 46.5 Å². The highest BCUT2D eigenvalue weighted by Gasteiger charge is 2.08. The molecule has 1 rings (SSSR count). The van der Waals surface area contributed by atoms with Crippen LogP contribution in [-0.4, -0.2) is 10.8 Å². The van der Waals surface area contributed by atoms with Gasteiger partial charge in [-0.3, -0.25) is 4.79 Å². The molecule has 0 aliphatic heterocycles. The molecule has 0 saturated carbocycles. The smallest absolute Gasteiger partial charge is 0.139 e. The summed E-state index contributed by atoms with van der Waals surface area (Å²) in [6.07, 6.45) is 3.32. The van der Waals surface area contributed by atoms with Crippen molar-refractivity contribution < 1.29 is 4.79 Å². The Morgan fingerprint density at radius 3 is 2.64 bits per heavy atom. The number of ketones is 1. The van der Waals surface area contributed by atoms with E-state index in [9.17, 15) is 4.79 Å². The third-order valence-electron chi connectivity index (χ3n) is 2.23. The molecule has 0 fully saturated rings. The first-order valence-corrected chi connectivity index (χ1v) is 5.89. The van der Waals surface area contributed by atoms with Crippen molar-refractivity contribution in [2.24, 2.45) is 0 Å². The van der Waals surface area contributed by atoms with Crippen molar-refractivity contribution in [2.75, 3.05) is 0 Å². The minimum Gasteiger partial charge on any atom is -0.299 e. The first kappa shape index (κ1) is 11.4. The molecule has 2 nitrogen and oxygen atoms in total. The summed E-state index contributed by atoms with van der Waals surface area (Å²) in [6, 6.07) is 0. The second-order valence-electron chi connectivity index (χ2n) is 3.57. The van der Waals surface area contributed by atoms with E-state index < -0.39 is 0 Å². The highest BCUT2D eigenvalue weighted by molar-refractivity contribution is 7.11. The molecule has 0 atom stereocenters. The zero-order chi connectivity index (χ0) is 10.6. The Morgan fingerprint density at radius 2 is 2.14 bits per heavy atom. The largest absolute Gasteiger partial charge is 0.299 e. The Morgan fingerprint density at radius 1 is 1.43 bits per heavy atom. The van der Waals surface area contributed by atoms with E-state index in [2.05, 4.69) is 11.9 Å². The van der Waals surface area contributed by atoms with Gasteiger partial charge in [-0.25, -0.2) is 4.98 Å². The quantitative estimate of drug-likeness (QED) is 0.749. The lowest BCUT2D eigenvalue weighted by Gasteiger charge is -1.95. The highest BCUT2D eigenvalue weighted by atomic mass is 32.1. The van der Waals surface area contributed by atoms with Crippen LogP contribution in [0.3, 0.4) is 0 Å². The van der Waals surface area contributed by atoms with Gasteiger partial charge in [-0.1, -0.05) is 13.3 Å². The maximum Gasteiger partial charge on any atom is 0.139 e. The Kier molecular flexibility index (Phi) is 4.26. The average molecular weight is 211 g/mol. The molecule has 1 heterocycles. The highest BCUT2D eigenvalue weighted by Crippen LogP contribution is 2.17. The molecule has 0 aromatic carbocycles. The normalized spacial score (nSPS) is 10.5. The summed E-state index contributed by atoms with van der Waals surface area (Å²) in [5.41, 5.74) is 1.06. The van der Waals surface area contributed by atoms with Gasteiger partial charge in [-0.2, -0.15) is 0 Å². The topological polar surface area (TPSA) is 30.0 Å². The number of hydrogen-bond donors (Lipinski definition) is 0. The molecule has 78 valence electrons. The van der Waals surface area contributed by atoms with E-state index in [1.54, 1.807) is 11.3 Å². The van der Waals surface area contributed by atoms with Gasteiger partial charge < -0.3 is 0 Å². The average Bonchev–Trinajstić information content (AvgIpc) is 2.42. The van der Waals surface area contributed by atoms with Crippen LogP contribution in [0.1, 0.15) is 41.8 Å². The van der Waals surface area contributed by atoms with Crippen molar-refractivity contribution in [3.05, 3.63) is 15.6 Å². The standard InChI is InChI=1S/C11H17NOS/c1-4-5-6-10(13)7-11-12-8(2)9(3)14-11/h4-7H2,1-3H3. The number of aryl methyl sites for hydroxylation is 2. The molecule has 0 radical (unpaired) electrons. The van der Waals surface area contributed by atoms with Gasteiger partial charge in [0.2, 0.25) is 0 Å². The molecule has 0 bridgehead atoms. The third-order valence-corrected chi connectivity index (χ3v) is 3.30. The molecule has 1 aromatic heterocycles. The maximum absolute atomic E-state index is 11.5. The fourth-order valence-corrected chi connectivity index (χ4v) is 2.21. The van der Waals surface area contributed by atoms with Crippen LogP contribution in [0.4, 0.5) is 0 Å². The van der Waals surface area contributed by atoms with Crippen LogP contribution in [0, 0.1) is 13.8 Å². The van der Waals surface area contributed by atoms with E-state index in [0.29, 0.717) is 18.6 Å². The fraction of sp³-hybridized carbons (Fsp3) is 0.636. The molecular weight excluding hydrogens is 194 g/mol. The fourth-order valence-electron chi connectivity index (χ4n) is 1.25. The maximum atomic E-state index is 11.5. The lowest BCUT2D eigenvalue weighted by Crippen LogP contribution is -2.01. The van der Waals surface area contributed by atoms with Gasteiger partial charge in [0, 0.05) is 11.3 Å². The van der Waals surface area contributed by atoms with E-state index in [4.69, 9.17) is 0 Å². The van der Waals surface area contributed by atoms with Crippen LogP contribution in [0.25, 0.3) is 0 Å². The number of unbranched alkanes of at least 4 members (excludes halogenated alkanes) is 1. The molecule has 0 saturated heterocycles. The minimum absolute atomic E-state index is 0.320. The lowest BCUT2D eigenvalue weighted by molar-refractivity contribution is -0.118. The first-order valence-electron chi connectivity index (χ1n) is 5.08. The van der Waals surface area contributed by atoms with E-state index in [1.165, 1.54) is 4.88 Å². The molecule has 3 heteroatoms. The van der Waals surface area contributed by atoms with Crippen molar-refractivity contribution in [3.8, 4) is 0 Å². The van der Waals surface area contributed by atoms with Crippen LogP contribution in [-0.2, 0) is 11.2 Å². The van der Waals surface area contributed by atoms with E-state index in [0.717, 1.165) is 23.5 Å². The third kappa shape index (κ3) is 3.22. The number of aromatic nitrogens is 1. The molecule has 0 spiro atoms. The second kappa shape index (κ2) is 5.25. The minimum atomic E-state index is 0.320. The van der Waals surface area contributed by atoms with Gasteiger partial charge >= 0.3 is 0 Å². The monoisotopic (exact) mass is 211 g/mol. The van der Waals surface area contributed by atoms with E-state index in [1.807, 2.05) is 13.8 Å². The Hall–Kier alpha value is -0.700. The van der Waals surface area contributed by atoms with Gasteiger partial charge in [0.1, 0.15) is 10.8 Å². The molecular formula is C11H17NOS. The first-order chi connectivity index (χ1) is 6.63. The number of nitrogens with zero attached hydrogens (tertiary/aromatic N) is 1. The van der Waals surface area contributed by atoms with Gasteiger partial charge in [0.15, 0.2) is 0 Å². The summed E-state index contributed by atoms with van der Waals surface area (Å²) in [6.45, 7) is 6.14. The van der Waals surface area contributed by atoms with Crippen molar-refractivity contribution in [3.63, 3.8) is 0 Å². The Balaban J connectivity index is 2.48. The van der Waals surface area contributed by atoms with Gasteiger partial charge in [0.05, 0.1) is 12.1 Å². The number of carbonyl (C=O) groups is 1. The van der Waals surface area contributed by atoms with Crippen molar-refractivity contribution in [1.29, 1.82) is 0 Å². The summed E-state index contributed by atoms with van der Waals surface area (Å²) in [4.78, 5) is 17.0. The van der Waals surface area contributed by atoms with Gasteiger partial charge in [0.25, 0.3) is 0 Å². The summed E-state index contributed by atoms with van der Waals surface area (Å²) in [7, 11) is 0. The summed E-state index contributed by atoms with van der Waals surface area (Å²) in [5, 5.41) is 0.973. The lowest BCUT2D eigenvalue weighted by atomic mass is 10.1. The number of rotatable bonds is 5. The molecule has 0 aliphatic rings. The summed E-state index contributed by atoms with van der Waals surface area (Å²) in [5.74, 6) is 0.320. The predicted octanol–water partition coefficient (Wildman–Crippen LogP) is 3.06. The van der Waals surface area contributed by atoms with Gasteiger partial charge in [-0.15, -0.1) is 11.3 Å². The molecule has 0 aliphatic carbocycles. The number of thiazole rings is 1. The zero-order valence-electron chi connectivity index (χ0n) is 9.09. The molecule has 0 unspecified atom stereocenters. The van der Waals surface area contributed by atoms with Crippen LogP contribution in [0.5, 0.6) is 0 Å². The summed E-state index contributed by atoms with van der Waals surface area (Å²) >= 11 is 1.64. The van der Waals surface area contributed by atoms with Crippen LogP contribution >= 0.6 is 11.3 Å². The van der Waals surface area contributed by atoms with Crippen LogP contribution in [0.2, 0.25) is 0 Å².